The highest BCUT2D eigenvalue weighted by Crippen LogP contribution is 2.24. The molecule has 4 rings (SSSR count). The van der Waals surface area contributed by atoms with Gasteiger partial charge in [0.1, 0.15) is 0 Å². The normalized spacial score (nSPS) is 16.1. The maximum Gasteiger partial charge on any atom is 0.231 e. The molecule has 6 heteroatoms. The van der Waals surface area contributed by atoms with E-state index in [1.54, 1.807) is 0 Å². The number of fused-ring (bicyclic) bond motifs is 1. The Bertz CT molecular complexity index is 898. The maximum absolute atomic E-state index is 5.92. The summed E-state index contributed by atoms with van der Waals surface area (Å²) in [5.74, 6) is 0.647. The SMILES string of the molecule is Cc1ccccc1-c1cnc2ccc(OCCCN3CCN(C)CC3)nn12. The highest BCUT2D eigenvalue weighted by atomic mass is 16.5. The smallest absolute Gasteiger partial charge is 0.231 e. The van der Waals surface area contributed by atoms with Crippen molar-refractivity contribution in [2.45, 2.75) is 13.3 Å². The van der Waals surface area contributed by atoms with Gasteiger partial charge in [-0.05, 0) is 32.0 Å². The molecule has 0 atom stereocenters. The Hall–Kier alpha value is -2.44. The van der Waals surface area contributed by atoms with Crippen molar-refractivity contribution in [3.05, 3.63) is 48.2 Å². The van der Waals surface area contributed by atoms with Gasteiger partial charge in [0.2, 0.25) is 5.88 Å². The van der Waals surface area contributed by atoms with Gasteiger partial charge in [0.05, 0.1) is 18.5 Å². The Labute approximate surface area is 160 Å². The van der Waals surface area contributed by atoms with E-state index >= 15 is 0 Å². The third kappa shape index (κ3) is 4.12. The number of hydrogen-bond donors (Lipinski definition) is 0. The van der Waals surface area contributed by atoms with Crippen LogP contribution in [0.3, 0.4) is 0 Å². The zero-order chi connectivity index (χ0) is 18.6. The number of nitrogens with zero attached hydrogens (tertiary/aromatic N) is 5. The summed E-state index contributed by atoms with van der Waals surface area (Å²) >= 11 is 0. The van der Waals surface area contributed by atoms with Crippen molar-refractivity contribution in [3.63, 3.8) is 0 Å². The van der Waals surface area contributed by atoms with Gasteiger partial charge >= 0.3 is 0 Å². The Morgan fingerprint density at radius 3 is 2.67 bits per heavy atom. The van der Waals surface area contributed by atoms with E-state index in [2.05, 4.69) is 46.0 Å². The first-order valence-corrected chi connectivity index (χ1v) is 9.65. The molecule has 0 saturated carbocycles. The minimum Gasteiger partial charge on any atom is -0.477 e. The summed E-state index contributed by atoms with van der Waals surface area (Å²) in [5.41, 5.74) is 4.17. The summed E-state index contributed by atoms with van der Waals surface area (Å²) in [4.78, 5) is 9.36. The number of rotatable bonds is 6. The first-order chi connectivity index (χ1) is 13.2. The molecule has 3 aromatic rings. The summed E-state index contributed by atoms with van der Waals surface area (Å²) in [6, 6.07) is 12.2. The van der Waals surface area contributed by atoms with Crippen LogP contribution in [0, 0.1) is 6.92 Å². The predicted molar refractivity (Wildman–Crippen MR) is 107 cm³/mol. The summed E-state index contributed by atoms with van der Waals surface area (Å²) in [6.07, 6.45) is 2.89. The first kappa shape index (κ1) is 17.9. The van der Waals surface area contributed by atoms with Crippen LogP contribution in [0.25, 0.3) is 16.9 Å². The predicted octanol–water partition coefficient (Wildman–Crippen LogP) is 2.72. The molecule has 1 saturated heterocycles. The molecule has 0 N–H and O–H groups in total. The van der Waals surface area contributed by atoms with Gasteiger partial charge in [0.15, 0.2) is 5.65 Å². The third-order valence-corrected chi connectivity index (χ3v) is 5.22. The molecule has 142 valence electrons. The van der Waals surface area contributed by atoms with E-state index in [1.807, 2.05) is 35.0 Å². The standard InChI is InChI=1S/C21H27N5O/c1-17-6-3-4-7-18(17)19-16-22-20-8-9-21(23-26(19)20)27-15-5-10-25-13-11-24(2)12-14-25/h3-4,6-9,16H,5,10-15H2,1-2H3. The molecule has 1 aliphatic rings. The van der Waals surface area contributed by atoms with Crippen LogP contribution in [0.5, 0.6) is 5.88 Å². The molecule has 2 aromatic heterocycles. The average Bonchev–Trinajstić information content (AvgIpc) is 3.10. The van der Waals surface area contributed by atoms with Crippen LogP contribution < -0.4 is 4.74 Å². The molecule has 0 aliphatic carbocycles. The second-order valence-electron chi connectivity index (χ2n) is 7.25. The number of benzene rings is 1. The first-order valence-electron chi connectivity index (χ1n) is 9.65. The number of aryl methyl sites for hydroxylation is 1. The van der Waals surface area contributed by atoms with Crippen molar-refractivity contribution >= 4 is 5.65 Å². The fourth-order valence-electron chi connectivity index (χ4n) is 3.51. The highest BCUT2D eigenvalue weighted by molar-refractivity contribution is 5.66. The van der Waals surface area contributed by atoms with Crippen LogP contribution in [-0.2, 0) is 0 Å². The van der Waals surface area contributed by atoms with Crippen LogP contribution in [-0.4, -0.2) is 70.8 Å². The molecule has 6 nitrogen and oxygen atoms in total. The number of imidazole rings is 1. The van der Waals surface area contributed by atoms with Crippen molar-refractivity contribution < 1.29 is 4.74 Å². The van der Waals surface area contributed by atoms with Crippen LogP contribution >= 0.6 is 0 Å². The summed E-state index contributed by atoms with van der Waals surface area (Å²) in [7, 11) is 2.18. The number of piperazine rings is 1. The zero-order valence-electron chi connectivity index (χ0n) is 16.1. The molecule has 0 radical (unpaired) electrons. The van der Waals surface area contributed by atoms with Gasteiger partial charge in [0.25, 0.3) is 0 Å². The van der Waals surface area contributed by atoms with Gasteiger partial charge in [-0.25, -0.2) is 9.50 Å². The molecule has 1 aromatic carbocycles. The van der Waals surface area contributed by atoms with Crippen molar-refractivity contribution in [2.24, 2.45) is 0 Å². The fraction of sp³-hybridized carbons (Fsp3) is 0.429. The lowest BCUT2D eigenvalue weighted by molar-refractivity contribution is 0.145. The summed E-state index contributed by atoms with van der Waals surface area (Å²) in [5, 5.41) is 4.66. The van der Waals surface area contributed by atoms with Crippen LogP contribution in [0.1, 0.15) is 12.0 Å². The van der Waals surface area contributed by atoms with E-state index in [9.17, 15) is 0 Å². The second kappa shape index (κ2) is 8.06. The number of likely N-dealkylation sites (N-methyl/N-ethyl adjacent to an activating group) is 1. The minimum absolute atomic E-state index is 0.647. The highest BCUT2D eigenvalue weighted by Gasteiger charge is 2.13. The molecular weight excluding hydrogens is 338 g/mol. The molecule has 0 unspecified atom stereocenters. The monoisotopic (exact) mass is 365 g/mol. The Balaban J connectivity index is 1.40. The number of hydrogen-bond acceptors (Lipinski definition) is 5. The van der Waals surface area contributed by atoms with Crippen molar-refractivity contribution in [1.82, 2.24) is 24.4 Å². The van der Waals surface area contributed by atoms with Gasteiger partial charge in [-0.1, -0.05) is 24.3 Å². The van der Waals surface area contributed by atoms with E-state index < -0.39 is 0 Å². The summed E-state index contributed by atoms with van der Waals surface area (Å²) < 4.78 is 7.79. The third-order valence-electron chi connectivity index (χ3n) is 5.22. The van der Waals surface area contributed by atoms with Gasteiger partial charge in [-0.3, -0.25) is 0 Å². The Morgan fingerprint density at radius 1 is 1.04 bits per heavy atom. The maximum atomic E-state index is 5.92. The molecular formula is C21H27N5O. The number of aromatic nitrogens is 3. The molecule has 1 fully saturated rings. The van der Waals surface area contributed by atoms with Gasteiger partial charge in [-0.2, -0.15) is 0 Å². The fourth-order valence-corrected chi connectivity index (χ4v) is 3.51. The largest absolute Gasteiger partial charge is 0.477 e. The van der Waals surface area contributed by atoms with Crippen molar-refractivity contribution in [2.75, 3.05) is 46.4 Å². The second-order valence-corrected chi connectivity index (χ2v) is 7.25. The van der Waals surface area contributed by atoms with Gasteiger partial charge in [-0.15, -0.1) is 5.10 Å². The molecule has 0 bridgehead atoms. The lowest BCUT2D eigenvalue weighted by Crippen LogP contribution is -2.44. The zero-order valence-corrected chi connectivity index (χ0v) is 16.1. The Morgan fingerprint density at radius 2 is 1.85 bits per heavy atom. The van der Waals surface area contributed by atoms with E-state index in [4.69, 9.17) is 4.74 Å². The summed E-state index contributed by atoms with van der Waals surface area (Å²) in [6.45, 7) is 8.47. The van der Waals surface area contributed by atoms with E-state index in [0.717, 1.165) is 56.0 Å². The van der Waals surface area contributed by atoms with E-state index in [0.29, 0.717) is 12.5 Å². The van der Waals surface area contributed by atoms with Crippen molar-refractivity contribution in [3.8, 4) is 17.1 Å². The van der Waals surface area contributed by atoms with Crippen molar-refractivity contribution in [1.29, 1.82) is 0 Å². The molecule has 0 amide bonds. The molecule has 1 aliphatic heterocycles. The van der Waals surface area contributed by atoms with Crippen LogP contribution in [0.4, 0.5) is 0 Å². The number of ether oxygens (including phenoxy) is 1. The van der Waals surface area contributed by atoms with E-state index in [1.165, 1.54) is 5.56 Å². The molecule has 3 heterocycles. The molecule has 27 heavy (non-hydrogen) atoms. The lowest BCUT2D eigenvalue weighted by Gasteiger charge is -2.32. The van der Waals surface area contributed by atoms with Crippen LogP contribution in [0.15, 0.2) is 42.6 Å². The molecule has 0 spiro atoms. The van der Waals surface area contributed by atoms with E-state index in [-0.39, 0.29) is 0 Å². The average molecular weight is 365 g/mol. The Kier molecular flexibility index (Phi) is 5.36. The quantitative estimate of drug-likeness (QED) is 0.629. The topological polar surface area (TPSA) is 45.9 Å². The van der Waals surface area contributed by atoms with Crippen LogP contribution in [0.2, 0.25) is 0 Å². The van der Waals surface area contributed by atoms with Gasteiger partial charge < -0.3 is 14.5 Å². The van der Waals surface area contributed by atoms with Gasteiger partial charge in [0, 0.05) is 44.4 Å². The lowest BCUT2D eigenvalue weighted by atomic mass is 10.1. The minimum atomic E-state index is 0.647.